The van der Waals surface area contributed by atoms with Crippen LogP contribution < -0.4 is 0 Å². The van der Waals surface area contributed by atoms with Gasteiger partial charge in [0.2, 0.25) is 10.0 Å². The third-order valence-electron chi connectivity index (χ3n) is 3.71. The summed E-state index contributed by atoms with van der Waals surface area (Å²) in [5, 5.41) is 11.9. The van der Waals surface area contributed by atoms with Crippen LogP contribution in [0.1, 0.15) is 5.69 Å². The molecule has 0 aromatic carbocycles. The minimum absolute atomic E-state index is 0.0934. The number of hydrogen-bond acceptors (Lipinski definition) is 4. The number of aryl methyl sites for hydroxylation is 1. The Morgan fingerprint density at radius 1 is 1.24 bits per heavy atom. The lowest BCUT2D eigenvalue weighted by molar-refractivity contribution is -0.187. The van der Waals surface area contributed by atoms with E-state index in [9.17, 15) is 39.6 Å². The molecule has 1 N–H and O–H groups in total. The first-order valence-electron chi connectivity index (χ1n) is 6.56. The van der Waals surface area contributed by atoms with Crippen LogP contribution in [0.4, 0.5) is 26.3 Å². The molecule has 1 aliphatic heterocycles. The first-order valence-corrected chi connectivity index (χ1v) is 8.00. The molecule has 7 nitrogen and oxygen atoms in total. The summed E-state index contributed by atoms with van der Waals surface area (Å²) < 4.78 is 103. The van der Waals surface area contributed by atoms with Crippen LogP contribution in [0.15, 0.2) is 11.1 Å². The van der Waals surface area contributed by atoms with Crippen molar-refractivity contribution < 1.29 is 44.7 Å². The summed E-state index contributed by atoms with van der Waals surface area (Å²) in [5.41, 5.74) is -1.78. The average Bonchev–Trinajstić information content (AvgIpc) is 3.01. The minimum atomic E-state index is -5.15. The van der Waals surface area contributed by atoms with Crippen molar-refractivity contribution in [1.82, 2.24) is 14.1 Å². The minimum Gasteiger partial charge on any atom is -0.481 e. The van der Waals surface area contributed by atoms with Gasteiger partial charge in [0.25, 0.3) is 0 Å². The number of aromatic nitrogens is 2. The van der Waals surface area contributed by atoms with Gasteiger partial charge < -0.3 is 5.11 Å². The summed E-state index contributed by atoms with van der Waals surface area (Å²) in [6.07, 6.45) is -9.66. The Morgan fingerprint density at radius 2 is 1.80 bits per heavy atom. The van der Waals surface area contributed by atoms with Crippen LogP contribution in [-0.2, 0) is 28.0 Å². The Morgan fingerprint density at radius 3 is 2.20 bits per heavy atom. The van der Waals surface area contributed by atoms with Gasteiger partial charge in [0.05, 0.1) is 11.8 Å². The lowest BCUT2D eigenvalue weighted by atomic mass is 9.96. The molecule has 14 heteroatoms. The lowest BCUT2D eigenvalue weighted by Gasteiger charge is -2.18. The normalized spacial score (nSPS) is 23.2. The number of carboxylic acids is 1. The van der Waals surface area contributed by atoms with Gasteiger partial charge in [-0.2, -0.15) is 35.7 Å². The van der Waals surface area contributed by atoms with Crippen molar-refractivity contribution in [2.45, 2.75) is 17.2 Å². The Balaban J connectivity index is 2.47. The predicted molar refractivity (Wildman–Crippen MR) is 67.6 cm³/mol. The maximum Gasteiger partial charge on any atom is 0.436 e. The summed E-state index contributed by atoms with van der Waals surface area (Å²) >= 11 is 0. The van der Waals surface area contributed by atoms with E-state index in [0.717, 1.165) is 7.05 Å². The maximum atomic E-state index is 12.9. The number of sulfonamides is 1. The molecular formula is C11H11F6N3O4S. The third-order valence-corrected chi connectivity index (χ3v) is 5.54. The highest BCUT2D eigenvalue weighted by molar-refractivity contribution is 7.89. The highest BCUT2D eigenvalue weighted by Crippen LogP contribution is 2.41. The molecule has 2 atom stereocenters. The lowest BCUT2D eigenvalue weighted by Crippen LogP contribution is -2.34. The van der Waals surface area contributed by atoms with E-state index in [1.807, 2.05) is 0 Å². The van der Waals surface area contributed by atoms with E-state index in [-0.39, 0.29) is 4.31 Å². The molecular weight excluding hydrogens is 384 g/mol. The number of alkyl halides is 6. The molecule has 1 aromatic rings. The summed E-state index contributed by atoms with van der Waals surface area (Å²) in [6, 6.07) is 0. The smallest absolute Gasteiger partial charge is 0.436 e. The van der Waals surface area contributed by atoms with E-state index < -0.39 is 63.9 Å². The van der Waals surface area contributed by atoms with Gasteiger partial charge in [-0.1, -0.05) is 0 Å². The number of rotatable bonds is 3. The molecule has 0 unspecified atom stereocenters. The van der Waals surface area contributed by atoms with E-state index >= 15 is 0 Å². The van der Waals surface area contributed by atoms with Crippen LogP contribution in [0.3, 0.4) is 0 Å². The van der Waals surface area contributed by atoms with Crippen LogP contribution in [0, 0.1) is 11.8 Å². The van der Waals surface area contributed by atoms with Crippen molar-refractivity contribution in [3.05, 3.63) is 11.9 Å². The van der Waals surface area contributed by atoms with Crippen molar-refractivity contribution in [2.75, 3.05) is 13.1 Å². The number of hydrogen-bond donors (Lipinski definition) is 1. The third kappa shape index (κ3) is 3.58. The van der Waals surface area contributed by atoms with E-state index in [1.54, 1.807) is 0 Å². The molecule has 142 valence electrons. The fourth-order valence-corrected chi connectivity index (χ4v) is 4.22. The average molecular weight is 395 g/mol. The second-order valence-corrected chi connectivity index (χ2v) is 7.33. The highest BCUT2D eigenvalue weighted by atomic mass is 32.2. The van der Waals surface area contributed by atoms with Gasteiger partial charge in [-0.15, -0.1) is 0 Å². The van der Waals surface area contributed by atoms with Gasteiger partial charge in [0, 0.05) is 26.3 Å². The van der Waals surface area contributed by atoms with Gasteiger partial charge in [0.1, 0.15) is 4.90 Å². The SMILES string of the molecule is Cn1cc(S(=O)(=O)N2C[C@@H](C(F)(F)F)[C@H](C(=O)O)C2)c(C(F)(F)F)n1. The highest BCUT2D eigenvalue weighted by Gasteiger charge is 2.56. The molecule has 0 amide bonds. The quantitative estimate of drug-likeness (QED) is 0.780. The van der Waals surface area contributed by atoms with E-state index in [2.05, 4.69) is 5.10 Å². The van der Waals surface area contributed by atoms with E-state index in [1.165, 1.54) is 0 Å². The Bertz CT molecular complexity index is 785. The Labute approximate surface area is 136 Å². The second-order valence-electron chi connectivity index (χ2n) is 5.43. The van der Waals surface area contributed by atoms with Crippen LogP contribution in [0.25, 0.3) is 0 Å². The number of carboxylic acid groups (broad SMARTS) is 1. The zero-order valence-corrected chi connectivity index (χ0v) is 13.2. The largest absolute Gasteiger partial charge is 0.481 e. The fraction of sp³-hybridized carbons (Fsp3) is 0.636. The molecule has 1 aliphatic rings. The zero-order chi connectivity index (χ0) is 19.4. The summed E-state index contributed by atoms with van der Waals surface area (Å²) in [4.78, 5) is 9.66. The standard InChI is InChI=1S/C11H11F6N3O4S/c1-19-4-7(8(18-19)11(15,16)17)25(23,24)20-2-5(9(21)22)6(3-20)10(12,13)14/h4-6H,2-3H2,1H3,(H,21,22)/t5-,6-/m1/s1. The molecule has 2 heterocycles. The topological polar surface area (TPSA) is 92.5 Å². The zero-order valence-electron chi connectivity index (χ0n) is 12.3. The Kier molecular flexibility index (Phi) is 4.57. The fourth-order valence-electron chi connectivity index (χ4n) is 2.54. The molecule has 1 saturated heterocycles. The van der Waals surface area contributed by atoms with Crippen molar-refractivity contribution in [2.24, 2.45) is 18.9 Å². The monoisotopic (exact) mass is 395 g/mol. The second kappa shape index (κ2) is 5.86. The predicted octanol–water partition coefficient (Wildman–Crippen LogP) is 1.32. The summed E-state index contributed by atoms with van der Waals surface area (Å²) in [7, 11) is -4.01. The van der Waals surface area contributed by atoms with Crippen molar-refractivity contribution in [3.63, 3.8) is 0 Å². The number of aliphatic carboxylic acids is 1. The van der Waals surface area contributed by atoms with Gasteiger partial charge in [-0.3, -0.25) is 9.48 Å². The molecule has 0 radical (unpaired) electrons. The van der Waals surface area contributed by atoms with Crippen molar-refractivity contribution >= 4 is 16.0 Å². The molecule has 1 fully saturated rings. The van der Waals surface area contributed by atoms with Crippen molar-refractivity contribution in [1.29, 1.82) is 0 Å². The van der Waals surface area contributed by atoms with Crippen LogP contribution in [0.2, 0.25) is 0 Å². The van der Waals surface area contributed by atoms with Gasteiger partial charge >= 0.3 is 18.3 Å². The number of nitrogens with zero attached hydrogens (tertiary/aromatic N) is 3. The van der Waals surface area contributed by atoms with E-state index in [0.29, 0.717) is 10.9 Å². The Hall–Kier alpha value is -1.83. The van der Waals surface area contributed by atoms with Crippen LogP contribution in [-0.4, -0.2) is 52.8 Å². The molecule has 2 rings (SSSR count). The molecule has 0 saturated carbocycles. The number of halogens is 6. The molecule has 0 bridgehead atoms. The molecule has 1 aromatic heterocycles. The maximum absolute atomic E-state index is 12.9. The van der Waals surface area contributed by atoms with Crippen molar-refractivity contribution in [3.8, 4) is 0 Å². The van der Waals surface area contributed by atoms with Gasteiger partial charge in [-0.25, -0.2) is 8.42 Å². The first-order chi connectivity index (χ1) is 11.2. The van der Waals surface area contributed by atoms with Crippen LogP contribution in [0.5, 0.6) is 0 Å². The van der Waals surface area contributed by atoms with Crippen LogP contribution >= 0.6 is 0 Å². The molecule has 0 spiro atoms. The summed E-state index contributed by atoms with van der Waals surface area (Å²) in [6.45, 7) is -2.37. The van der Waals surface area contributed by atoms with E-state index in [4.69, 9.17) is 5.11 Å². The van der Waals surface area contributed by atoms with Gasteiger partial charge in [0.15, 0.2) is 5.69 Å². The van der Waals surface area contributed by atoms with Gasteiger partial charge in [-0.05, 0) is 0 Å². The number of carbonyl (C=O) groups is 1. The first kappa shape index (κ1) is 19.5. The summed E-state index contributed by atoms with van der Waals surface area (Å²) in [5.74, 6) is -6.52. The molecule has 0 aliphatic carbocycles. The molecule has 25 heavy (non-hydrogen) atoms.